The molecule has 0 aromatic heterocycles. The van der Waals surface area contributed by atoms with Crippen LogP contribution in [0, 0.1) is 41.0 Å². The van der Waals surface area contributed by atoms with E-state index in [0.717, 1.165) is 28.3 Å². The molecule has 2 rings (SSSR count). The van der Waals surface area contributed by atoms with E-state index in [4.69, 9.17) is 0 Å². The van der Waals surface area contributed by atoms with Crippen LogP contribution in [0.1, 0.15) is 29.2 Å². The van der Waals surface area contributed by atoms with Crippen molar-refractivity contribution in [2.24, 2.45) is 5.10 Å². The Morgan fingerprint density at radius 1 is 1.00 bits per heavy atom. The maximum atomic E-state index is 11.2. The fourth-order valence-corrected chi connectivity index (χ4v) is 2.83. The summed E-state index contributed by atoms with van der Waals surface area (Å²) < 4.78 is 0. The number of non-ortho nitro benzene ring substituents is 1. The molecule has 0 radical (unpaired) electrons. The van der Waals surface area contributed by atoms with Gasteiger partial charge in [-0.15, -0.1) is 0 Å². The van der Waals surface area contributed by atoms with E-state index in [-0.39, 0.29) is 11.4 Å². The van der Waals surface area contributed by atoms with Gasteiger partial charge >= 0.3 is 5.69 Å². The van der Waals surface area contributed by atoms with E-state index in [1.807, 2.05) is 32.9 Å². The number of aryl methyl sites for hydroxylation is 3. The van der Waals surface area contributed by atoms with Gasteiger partial charge in [0.25, 0.3) is 5.69 Å². The minimum atomic E-state index is -0.678. The predicted octanol–water partition coefficient (Wildman–Crippen LogP) is 4.26. The zero-order valence-corrected chi connectivity index (χ0v) is 14.4. The van der Waals surface area contributed by atoms with Crippen LogP contribution in [0.25, 0.3) is 0 Å². The molecule has 0 heterocycles. The fraction of sp³-hybridized carbons (Fsp3) is 0.235. The monoisotopic (exact) mass is 342 g/mol. The van der Waals surface area contributed by atoms with E-state index in [1.54, 1.807) is 6.92 Å². The summed E-state index contributed by atoms with van der Waals surface area (Å²) in [6.07, 6.45) is 0. The number of nitrogens with zero attached hydrogens (tertiary/aromatic N) is 3. The van der Waals surface area contributed by atoms with Crippen LogP contribution in [0.15, 0.2) is 35.4 Å². The molecule has 0 spiro atoms. The first-order chi connectivity index (χ1) is 11.7. The maximum absolute atomic E-state index is 11.2. The number of benzene rings is 2. The van der Waals surface area contributed by atoms with Gasteiger partial charge in [-0.05, 0) is 44.9 Å². The molecule has 0 atom stereocenters. The van der Waals surface area contributed by atoms with E-state index >= 15 is 0 Å². The molecule has 0 bridgehead atoms. The normalized spacial score (nSPS) is 11.3. The Hall–Kier alpha value is -3.29. The summed E-state index contributed by atoms with van der Waals surface area (Å²) in [5, 5.41) is 26.2. The summed E-state index contributed by atoms with van der Waals surface area (Å²) in [7, 11) is 0. The van der Waals surface area contributed by atoms with E-state index in [0.29, 0.717) is 5.71 Å². The molecule has 0 fully saturated rings. The Kier molecular flexibility index (Phi) is 5.11. The van der Waals surface area contributed by atoms with Gasteiger partial charge in [0.15, 0.2) is 0 Å². The van der Waals surface area contributed by atoms with Gasteiger partial charge in [-0.25, -0.2) is 0 Å². The predicted molar refractivity (Wildman–Crippen MR) is 96.2 cm³/mol. The van der Waals surface area contributed by atoms with Crippen LogP contribution < -0.4 is 5.43 Å². The second-order valence-corrected chi connectivity index (χ2v) is 5.80. The van der Waals surface area contributed by atoms with E-state index in [9.17, 15) is 20.2 Å². The highest BCUT2D eigenvalue weighted by molar-refractivity contribution is 6.01. The Labute approximate surface area is 144 Å². The minimum absolute atomic E-state index is 0.0948. The fourth-order valence-electron chi connectivity index (χ4n) is 2.83. The third-order valence-electron chi connectivity index (χ3n) is 3.77. The number of nitro groups is 2. The van der Waals surface area contributed by atoms with Crippen molar-refractivity contribution in [3.8, 4) is 0 Å². The SMILES string of the molecule is C/C(=N\Nc1ccc([N+](=O)[O-])cc1[N+](=O)[O-])c1c(C)cc(C)cc1C. The van der Waals surface area contributed by atoms with Crippen molar-refractivity contribution in [1.82, 2.24) is 0 Å². The summed E-state index contributed by atoms with van der Waals surface area (Å²) in [6, 6.07) is 7.46. The van der Waals surface area contributed by atoms with Crippen molar-refractivity contribution in [1.29, 1.82) is 0 Å². The zero-order chi connectivity index (χ0) is 18.7. The summed E-state index contributed by atoms with van der Waals surface area (Å²) in [5.41, 5.74) is 6.89. The van der Waals surface area contributed by atoms with E-state index in [1.165, 1.54) is 12.1 Å². The number of anilines is 1. The second kappa shape index (κ2) is 7.08. The summed E-state index contributed by atoms with van der Waals surface area (Å²) in [6.45, 7) is 7.76. The lowest BCUT2D eigenvalue weighted by Gasteiger charge is -2.11. The van der Waals surface area contributed by atoms with Crippen molar-refractivity contribution in [3.63, 3.8) is 0 Å². The highest BCUT2D eigenvalue weighted by Gasteiger charge is 2.19. The van der Waals surface area contributed by atoms with Crippen LogP contribution in [0.3, 0.4) is 0 Å². The molecular formula is C17H18N4O4. The highest BCUT2D eigenvalue weighted by atomic mass is 16.6. The number of nitro benzene ring substituents is 2. The van der Waals surface area contributed by atoms with Gasteiger partial charge in [0.1, 0.15) is 5.69 Å². The molecule has 0 aliphatic rings. The van der Waals surface area contributed by atoms with Gasteiger partial charge < -0.3 is 0 Å². The maximum Gasteiger partial charge on any atom is 0.301 e. The smallest absolute Gasteiger partial charge is 0.271 e. The standard InChI is InChI=1S/C17H18N4O4/c1-10-7-11(2)17(12(3)8-10)13(4)18-19-15-6-5-14(20(22)23)9-16(15)21(24)25/h5-9,19H,1-4H3/b18-13+. The summed E-state index contributed by atoms with van der Waals surface area (Å²) in [5.74, 6) is 0. The topological polar surface area (TPSA) is 111 Å². The first-order valence-electron chi connectivity index (χ1n) is 7.52. The molecule has 8 nitrogen and oxygen atoms in total. The van der Waals surface area contributed by atoms with Crippen molar-refractivity contribution in [2.45, 2.75) is 27.7 Å². The van der Waals surface area contributed by atoms with Crippen LogP contribution in [0.2, 0.25) is 0 Å². The van der Waals surface area contributed by atoms with Gasteiger partial charge in [-0.1, -0.05) is 17.7 Å². The molecule has 0 aliphatic heterocycles. The van der Waals surface area contributed by atoms with Crippen molar-refractivity contribution >= 4 is 22.8 Å². The Morgan fingerprint density at radius 3 is 2.12 bits per heavy atom. The first kappa shape index (κ1) is 18.1. The quantitative estimate of drug-likeness (QED) is 0.495. The Bertz CT molecular complexity index is 867. The van der Waals surface area contributed by atoms with Crippen molar-refractivity contribution in [2.75, 3.05) is 5.43 Å². The van der Waals surface area contributed by atoms with Gasteiger partial charge in [0.05, 0.1) is 21.6 Å². The molecule has 0 saturated heterocycles. The zero-order valence-electron chi connectivity index (χ0n) is 14.4. The molecule has 2 aromatic rings. The molecule has 1 N–H and O–H groups in total. The second-order valence-electron chi connectivity index (χ2n) is 5.80. The van der Waals surface area contributed by atoms with Gasteiger partial charge in [0, 0.05) is 11.6 Å². The lowest BCUT2D eigenvalue weighted by molar-refractivity contribution is -0.393. The van der Waals surface area contributed by atoms with Crippen LogP contribution in [0.5, 0.6) is 0 Å². The number of hydrogen-bond donors (Lipinski definition) is 1. The Morgan fingerprint density at radius 2 is 1.60 bits per heavy atom. The first-order valence-corrected chi connectivity index (χ1v) is 7.52. The summed E-state index contributed by atoms with van der Waals surface area (Å²) in [4.78, 5) is 20.6. The van der Waals surface area contributed by atoms with Crippen LogP contribution in [-0.2, 0) is 0 Å². The van der Waals surface area contributed by atoms with Gasteiger partial charge in [-0.2, -0.15) is 5.10 Å². The molecular weight excluding hydrogens is 324 g/mol. The molecule has 8 heteroatoms. The molecule has 0 amide bonds. The van der Waals surface area contributed by atoms with Crippen LogP contribution in [-0.4, -0.2) is 15.6 Å². The largest absolute Gasteiger partial charge is 0.301 e. The molecule has 0 saturated carbocycles. The number of hydrogen-bond acceptors (Lipinski definition) is 6. The third kappa shape index (κ3) is 3.97. The van der Waals surface area contributed by atoms with Crippen molar-refractivity contribution < 1.29 is 9.85 Å². The van der Waals surface area contributed by atoms with Crippen LogP contribution in [0.4, 0.5) is 17.1 Å². The average Bonchev–Trinajstić information content (AvgIpc) is 2.51. The molecule has 2 aromatic carbocycles. The molecule has 25 heavy (non-hydrogen) atoms. The third-order valence-corrected chi connectivity index (χ3v) is 3.77. The molecule has 130 valence electrons. The molecule has 0 aliphatic carbocycles. The lowest BCUT2D eigenvalue weighted by Crippen LogP contribution is -2.06. The summed E-state index contributed by atoms with van der Waals surface area (Å²) >= 11 is 0. The van der Waals surface area contributed by atoms with Gasteiger partial charge in [0.2, 0.25) is 0 Å². The minimum Gasteiger partial charge on any atom is -0.271 e. The number of nitrogens with one attached hydrogen (secondary N) is 1. The molecule has 0 unspecified atom stereocenters. The number of rotatable bonds is 5. The average molecular weight is 342 g/mol. The van der Waals surface area contributed by atoms with Crippen LogP contribution >= 0.6 is 0 Å². The van der Waals surface area contributed by atoms with E-state index < -0.39 is 15.5 Å². The number of hydrazone groups is 1. The Balaban J connectivity index is 2.39. The van der Waals surface area contributed by atoms with E-state index in [2.05, 4.69) is 10.5 Å². The lowest BCUT2D eigenvalue weighted by atomic mass is 9.97. The van der Waals surface area contributed by atoms with Crippen molar-refractivity contribution in [3.05, 3.63) is 72.8 Å². The highest BCUT2D eigenvalue weighted by Crippen LogP contribution is 2.29. The van der Waals surface area contributed by atoms with Gasteiger partial charge in [-0.3, -0.25) is 25.7 Å².